The molecule has 0 saturated carbocycles. The zero-order chi connectivity index (χ0) is 23.5. The molecule has 1 atom stereocenters. The topological polar surface area (TPSA) is 114 Å². The van der Waals surface area contributed by atoms with Crippen molar-refractivity contribution in [1.29, 1.82) is 0 Å². The van der Waals surface area contributed by atoms with Gasteiger partial charge in [-0.3, -0.25) is 9.78 Å². The van der Waals surface area contributed by atoms with Gasteiger partial charge in [0, 0.05) is 23.7 Å². The fraction of sp³-hybridized carbons (Fsp3) is 0.350. The molecule has 0 bridgehead atoms. The Hall–Kier alpha value is -3.41. The number of rotatable bonds is 9. The molecule has 3 rings (SSSR count). The molecule has 0 aliphatic carbocycles. The van der Waals surface area contributed by atoms with E-state index in [2.05, 4.69) is 20.5 Å². The molecule has 2 heterocycles. The van der Waals surface area contributed by atoms with Crippen LogP contribution in [-0.2, 0) is 35.7 Å². The summed E-state index contributed by atoms with van der Waals surface area (Å²) in [7, 11) is 0. The van der Waals surface area contributed by atoms with Gasteiger partial charge in [-0.05, 0) is 47.0 Å². The summed E-state index contributed by atoms with van der Waals surface area (Å²) in [5.74, 6) is -7.61. The number of carboxylic acids is 1. The third-order valence-corrected chi connectivity index (χ3v) is 5.01. The summed E-state index contributed by atoms with van der Waals surface area (Å²) in [6, 6.07) is 4.11. The molecule has 0 amide bonds. The highest BCUT2D eigenvalue weighted by Gasteiger charge is 2.58. The SMILES string of the molecule is CCc1nc(C(F)(F)C(O)(Cn2cnnn2)c2ccc(F)cc2F)ccc1CCC(=O)O. The van der Waals surface area contributed by atoms with Gasteiger partial charge in [0.2, 0.25) is 0 Å². The zero-order valence-corrected chi connectivity index (χ0v) is 16.8. The van der Waals surface area contributed by atoms with E-state index in [1.165, 1.54) is 6.07 Å². The third kappa shape index (κ3) is 4.44. The van der Waals surface area contributed by atoms with Crippen LogP contribution in [0.1, 0.15) is 35.9 Å². The predicted molar refractivity (Wildman–Crippen MR) is 102 cm³/mol. The highest BCUT2D eigenvalue weighted by atomic mass is 19.3. The van der Waals surface area contributed by atoms with Crippen molar-refractivity contribution >= 4 is 5.97 Å². The summed E-state index contributed by atoms with van der Waals surface area (Å²) in [5, 5.41) is 30.1. The molecule has 2 aromatic heterocycles. The van der Waals surface area contributed by atoms with E-state index in [1.54, 1.807) is 6.92 Å². The molecular formula is C20H19F4N5O3. The van der Waals surface area contributed by atoms with Crippen molar-refractivity contribution < 1.29 is 32.6 Å². The quantitative estimate of drug-likeness (QED) is 0.479. The minimum atomic E-state index is -4.17. The summed E-state index contributed by atoms with van der Waals surface area (Å²) < 4.78 is 60.3. The Morgan fingerprint density at radius 2 is 1.94 bits per heavy atom. The van der Waals surface area contributed by atoms with E-state index in [-0.39, 0.29) is 25.0 Å². The molecule has 2 N–H and O–H groups in total. The van der Waals surface area contributed by atoms with E-state index < -0.39 is 46.9 Å². The van der Waals surface area contributed by atoms with Crippen molar-refractivity contribution in [2.24, 2.45) is 0 Å². The molecule has 3 aromatic rings. The van der Waals surface area contributed by atoms with Crippen molar-refractivity contribution in [3.63, 3.8) is 0 Å². The molecule has 0 spiro atoms. The van der Waals surface area contributed by atoms with Gasteiger partial charge < -0.3 is 10.2 Å². The van der Waals surface area contributed by atoms with Crippen LogP contribution >= 0.6 is 0 Å². The molecule has 0 fully saturated rings. The summed E-state index contributed by atoms with van der Waals surface area (Å²) in [6.07, 6.45) is 1.05. The van der Waals surface area contributed by atoms with Crippen LogP contribution in [0, 0.1) is 11.6 Å². The summed E-state index contributed by atoms with van der Waals surface area (Å²) in [4.78, 5) is 14.8. The van der Waals surface area contributed by atoms with Crippen LogP contribution in [0.5, 0.6) is 0 Å². The van der Waals surface area contributed by atoms with Crippen molar-refractivity contribution in [3.05, 3.63) is 70.8 Å². The number of tetrazole rings is 1. The Kier molecular flexibility index (Phi) is 6.53. The smallest absolute Gasteiger partial charge is 0.323 e. The first kappa shape index (κ1) is 23.3. The fourth-order valence-electron chi connectivity index (χ4n) is 3.36. The second-order valence-corrected chi connectivity index (χ2v) is 7.12. The molecule has 32 heavy (non-hydrogen) atoms. The average molecular weight is 453 g/mol. The Balaban J connectivity index is 2.11. The van der Waals surface area contributed by atoms with Crippen molar-refractivity contribution in [2.75, 3.05) is 0 Å². The number of halogens is 4. The summed E-state index contributed by atoms with van der Waals surface area (Å²) >= 11 is 0. The lowest BCUT2D eigenvalue weighted by atomic mass is 9.84. The predicted octanol–water partition coefficient (Wildman–Crippen LogP) is 2.61. The molecule has 8 nitrogen and oxygen atoms in total. The first-order chi connectivity index (χ1) is 15.1. The van der Waals surface area contributed by atoms with E-state index in [1.807, 2.05) is 0 Å². The molecular weight excluding hydrogens is 434 g/mol. The lowest BCUT2D eigenvalue weighted by Crippen LogP contribution is -2.48. The van der Waals surface area contributed by atoms with E-state index in [0.29, 0.717) is 11.6 Å². The first-order valence-corrected chi connectivity index (χ1v) is 9.56. The van der Waals surface area contributed by atoms with Gasteiger partial charge in [-0.1, -0.05) is 13.0 Å². The lowest BCUT2D eigenvalue weighted by molar-refractivity contribution is -0.207. The normalized spacial score (nSPS) is 13.7. The van der Waals surface area contributed by atoms with Crippen LogP contribution in [0.15, 0.2) is 36.7 Å². The number of hydrogen-bond donors (Lipinski definition) is 2. The van der Waals surface area contributed by atoms with E-state index in [9.17, 15) is 18.7 Å². The first-order valence-electron chi connectivity index (χ1n) is 9.56. The van der Waals surface area contributed by atoms with Crippen molar-refractivity contribution in [3.8, 4) is 0 Å². The third-order valence-electron chi connectivity index (χ3n) is 5.01. The van der Waals surface area contributed by atoms with Crippen LogP contribution < -0.4 is 0 Å². The maximum absolute atomic E-state index is 15.8. The number of aliphatic carboxylic acids is 1. The average Bonchev–Trinajstić information content (AvgIpc) is 3.24. The Morgan fingerprint density at radius 1 is 1.19 bits per heavy atom. The Bertz CT molecular complexity index is 1110. The van der Waals surface area contributed by atoms with E-state index >= 15 is 8.78 Å². The second-order valence-electron chi connectivity index (χ2n) is 7.12. The minimum absolute atomic E-state index is 0.0822. The molecule has 1 unspecified atom stereocenters. The molecule has 0 radical (unpaired) electrons. The Morgan fingerprint density at radius 3 is 2.53 bits per heavy atom. The van der Waals surface area contributed by atoms with Crippen LogP contribution in [0.2, 0.25) is 0 Å². The minimum Gasteiger partial charge on any atom is -0.481 e. The number of carboxylic acid groups (broad SMARTS) is 1. The van der Waals surface area contributed by atoms with Gasteiger partial charge >= 0.3 is 11.9 Å². The van der Waals surface area contributed by atoms with Crippen molar-refractivity contribution in [1.82, 2.24) is 25.2 Å². The maximum Gasteiger partial charge on any atom is 0.323 e. The number of nitrogens with zero attached hydrogens (tertiary/aromatic N) is 5. The summed E-state index contributed by atoms with van der Waals surface area (Å²) in [6.45, 7) is 0.695. The fourth-order valence-corrected chi connectivity index (χ4v) is 3.36. The van der Waals surface area contributed by atoms with Gasteiger partial charge in [-0.25, -0.2) is 13.5 Å². The lowest BCUT2D eigenvalue weighted by Gasteiger charge is -2.36. The molecule has 170 valence electrons. The van der Waals surface area contributed by atoms with Crippen LogP contribution in [-0.4, -0.2) is 41.4 Å². The standard InChI is InChI=1S/C20H19F4N5O3/c1-2-16-12(4-8-18(30)31)3-7-17(26-16)20(23,24)19(32,10-29-11-25-27-28-29)14-6-5-13(21)9-15(14)22/h3,5-7,9,11,32H,2,4,8,10H2,1H3,(H,30,31). The monoisotopic (exact) mass is 453 g/mol. The Labute approximate surface area is 179 Å². The van der Waals surface area contributed by atoms with Gasteiger partial charge in [0.15, 0.2) is 5.60 Å². The number of pyridine rings is 1. The van der Waals surface area contributed by atoms with Gasteiger partial charge in [-0.2, -0.15) is 8.78 Å². The highest BCUT2D eigenvalue weighted by molar-refractivity contribution is 5.67. The number of aromatic nitrogens is 5. The number of benzene rings is 1. The molecule has 1 aromatic carbocycles. The number of hydrogen-bond acceptors (Lipinski definition) is 6. The molecule has 12 heteroatoms. The molecule has 0 saturated heterocycles. The number of carbonyl (C=O) groups is 1. The second kappa shape index (κ2) is 8.99. The van der Waals surface area contributed by atoms with Crippen LogP contribution in [0.25, 0.3) is 0 Å². The molecule has 0 aliphatic rings. The van der Waals surface area contributed by atoms with Gasteiger partial charge in [0.25, 0.3) is 0 Å². The zero-order valence-electron chi connectivity index (χ0n) is 16.8. The van der Waals surface area contributed by atoms with Crippen molar-refractivity contribution in [2.45, 2.75) is 44.3 Å². The van der Waals surface area contributed by atoms with Gasteiger partial charge in [-0.15, -0.1) is 5.10 Å². The van der Waals surface area contributed by atoms with E-state index in [4.69, 9.17) is 5.11 Å². The maximum atomic E-state index is 15.8. The van der Waals surface area contributed by atoms with Gasteiger partial charge in [0.1, 0.15) is 23.7 Å². The summed E-state index contributed by atoms with van der Waals surface area (Å²) in [5.41, 5.74) is -4.29. The van der Waals surface area contributed by atoms with Crippen LogP contribution in [0.3, 0.4) is 0 Å². The molecule has 0 aliphatic heterocycles. The number of aryl methyl sites for hydroxylation is 2. The number of aliphatic hydroxyl groups is 1. The van der Waals surface area contributed by atoms with Gasteiger partial charge in [0.05, 0.1) is 6.54 Å². The van der Waals surface area contributed by atoms with Crippen LogP contribution in [0.4, 0.5) is 17.6 Å². The van der Waals surface area contributed by atoms with E-state index in [0.717, 1.165) is 29.2 Å². The number of alkyl halides is 2. The largest absolute Gasteiger partial charge is 0.481 e. The highest BCUT2D eigenvalue weighted by Crippen LogP contribution is 2.46.